The summed E-state index contributed by atoms with van der Waals surface area (Å²) in [5.41, 5.74) is 2.43. The number of benzene rings is 1. The van der Waals surface area contributed by atoms with Crippen molar-refractivity contribution in [3.63, 3.8) is 0 Å². The number of carbonyl (C=O) groups is 1. The zero-order chi connectivity index (χ0) is 22.3. The lowest BCUT2D eigenvalue weighted by molar-refractivity contribution is -0.134. The molecule has 2 fully saturated rings. The van der Waals surface area contributed by atoms with Crippen LogP contribution >= 0.6 is 0 Å². The molecule has 0 spiro atoms. The average Bonchev–Trinajstić information content (AvgIpc) is 3.43. The summed E-state index contributed by atoms with van der Waals surface area (Å²) in [6.45, 7) is 7.28. The summed E-state index contributed by atoms with van der Waals surface area (Å²) < 4.78 is 9.36. The van der Waals surface area contributed by atoms with Crippen molar-refractivity contribution in [2.45, 2.75) is 52.1 Å². The van der Waals surface area contributed by atoms with E-state index < -0.39 is 5.97 Å². The normalized spacial score (nSPS) is 22.2. The fourth-order valence-corrected chi connectivity index (χ4v) is 5.01. The summed E-state index contributed by atoms with van der Waals surface area (Å²) in [7, 11) is 1.65. The molecular weight excluding hydrogens is 396 g/mol. The van der Waals surface area contributed by atoms with E-state index in [4.69, 9.17) is 14.6 Å². The molecule has 2 bridgehead atoms. The largest absolute Gasteiger partial charge is 0.494 e. The van der Waals surface area contributed by atoms with Crippen LogP contribution in [0.2, 0.25) is 0 Å². The van der Waals surface area contributed by atoms with E-state index in [1.54, 1.807) is 11.6 Å². The standard InChI is InChI=1S/C21H26N4O2.C2H4O2/c1-12(2)17-11-24(10-14-8-15-7-13(14)9-22-15)20-16-5-4-6-18(27-3)19(16)23-25(20)21(17)26;1-2(3)4/h4-6,11-15,22H,7-10H2,1-3H3;1H3,(H,3,4)/t13-,14-,15-;/m1./s1. The second-order valence-electron chi connectivity index (χ2n) is 8.90. The number of fused-ring (bicyclic) bond motifs is 5. The Morgan fingerprint density at radius 2 is 2.10 bits per heavy atom. The maximum absolute atomic E-state index is 13.1. The van der Waals surface area contributed by atoms with Crippen molar-refractivity contribution in [1.29, 1.82) is 0 Å². The lowest BCUT2D eigenvalue weighted by atomic mass is 9.95. The van der Waals surface area contributed by atoms with Gasteiger partial charge in [0, 0.05) is 36.7 Å². The van der Waals surface area contributed by atoms with Crippen LogP contribution in [0.3, 0.4) is 0 Å². The number of hydrogen-bond donors (Lipinski definition) is 2. The van der Waals surface area contributed by atoms with Crippen LogP contribution < -0.4 is 15.6 Å². The lowest BCUT2D eigenvalue weighted by Crippen LogP contribution is -2.32. The quantitative estimate of drug-likeness (QED) is 0.666. The third-order valence-electron chi connectivity index (χ3n) is 6.43. The molecule has 0 amide bonds. The first-order valence-corrected chi connectivity index (χ1v) is 10.8. The molecule has 0 unspecified atom stereocenters. The van der Waals surface area contributed by atoms with Gasteiger partial charge >= 0.3 is 0 Å². The summed E-state index contributed by atoms with van der Waals surface area (Å²) in [5, 5.41) is 16.6. The SMILES string of the molecule is CC(=O)O.COc1cccc2c1nn1c(=O)c(C(C)C)cn(C[C@H]3C[C@H]4C[C@@H]3CN4)c21. The molecular formula is C23H30N4O4. The maximum atomic E-state index is 13.1. The number of rotatable bonds is 4. The van der Waals surface area contributed by atoms with Gasteiger partial charge in [0.1, 0.15) is 16.9 Å². The van der Waals surface area contributed by atoms with Gasteiger partial charge in [0.25, 0.3) is 11.5 Å². The molecule has 0 radical (unpaired) electrons. The summed E-state index contributed by atoms with van der Waals surface area (Å²) >= 11 is 0. The summed E-state index contributed by atoms with van der Waals surface area (Å²) in [6, 6.07) is 6.57. The molecule has 2 aromatic heterocycles. The van der Waals surface area contributed by atoms with E-state index in [-0.39, 0.29) is 11.5 Å². The van der Waals surface area contributed by atoms with Crippen LogP contribution in [-0.2, 0) is 11.3 Å². The molecule has 2 aliphatic rings. The first-order valence-electron chi connectivity index (χ1n) is 10.8. The van der Waals surface area contributed by atoms with Crippen LogP contribution in [0, 0.1) is 11.8 Å². The highest BCUT2D eigenvalue weighted by Gasteiger charge is 2.39. The van der Waals surface area contributed by atoms with Crippen molar-refractivity contribution < 1.29 is 14.6 Å². The topological polar surface area (TPSA) is 97.9 Å². The molecule has 1 saturated carbocycles. The number of ether oxygens (including phenoxy) is 1. The monoisotopic (exact) mass is 426 g/mol. The van der Waals surface area contributed by atoms with Gasteiger partial charge in [0.15, 0.2) is 0 Å². The first-order chi connectivity index (χ1) is 14.8. The van der Waals surface area contributed by atoms with Gasteiger partial charge in [-0.1, -0.05) is 19.9 Å². The predicted molar refractivity (Wildman–Crippen MR) is 119 cm³/mol. The van der Waals surface area contributed by atoms with Crippen molar-refractivity contribution >= 4 is 22.5 Å². The van der Waals surface area contributed by atoms with Crippen molar-refractivity contribution in [2.75, 3.05) is 13.7 Å². The van der Waals surface area contributed by atoms with Crippen LogP contribution in [0.1, 0.15) is 45.1 Å². The minimum atomic E-state index is -0.833. The van der Waals surface area contributed by atoms with Gasteiger partial charge in [-0.05, 0) is 49.3 Å². The van der Waals surface area contributed by atoms with E-state index in [0.717, 1.165) is 48.0 Å². The van der Waals surface area contributed by atoms with Gasteiger partial charge in [-0.25, -0.2) is 0 Å². The Balaban J connectivity index is 0.000000535. The van der Waals surface area contributed by atoms with Crippen molar-refractivity contribution in [2.24, 2.45) is 11.8 Å². The minimum absolute atomic E-state index is 0.0240. The molecule has 1 saturated heterocycles. The zero-order valence-electron chi connectivity index (χ0n) is 18.5. The second-order valence-corrected chi connectivity index (χ2v) is 8.90. The van der Waals surface area contributed by atoms with E-state index in [1.165, 1.54) is 12.8 Å². The number of nitrogens with zero attached hydrogens (tertiary/aromatic N) is 3. The molecule has 5 rings (SSSR count). The van der Waals surface area contributed by atoms with Gasteiger partial charge in [-0.3, -0.25) is 9.59 Å². The highest BCUT2D eigenvalue weighted by molar-refractivity contribution is 5.96. The van der Waals surface area contributed by atoms with E-state index in [0.29, 0.717) is 17.7 Å². The Morgan fingerprint density at radius 1 is 1.35 bits per heavy atom. The first kappa shape index (κ1) is 21.4. The van der Waals surface area contributed by atoms with Gasteiger partial charge in [-0.2, -0.15) is 9.61 Å². The van der Waals surface area contributed by atoms with Crippen molar-refractivity contribution in [1.82, 2.24) is 19.5 Å². The Morgan fingerprint density at radius 3 is 2.68 bits per heavy atom. The number of hydrogen-bond acceptors (Lipinski definition) is 5. The molecule has 8 heteroatoms. The summed E-state index contributed by atoms with van der Waals surface area (Å²) in [4.78, 5) is 22.1. The number of carboxylic acid groups (broad SMARTS) is 1. The molecule has 8 nitrogen and oxygen atoms in total. The number of aliphatic carboxylic acids is 1. The second kappa shape index (κ2) is 8.34. The fraction of sp³-hybridized carbons (Fsp3) is 0.522. The smallest absolute Gasteiger partial charge is 0.300 e. The van der Waals surface area contributed by atoms with Crippen molar-refractivity contribution in [3.05, 3.63) is 40.3 Å². The average molecular weight is 427 g/mol. The van der Waals surface area contributed by atoms with Gasteiger partial charge in [0.2, 0.25) is 0 Å². The molecule has 166 valence electrons. The highest BCUT2D eigenvalue weighted by atomic mass is 16.5. The van der Waals surface area contributed by atoms with Crippen LogP contribution in [0.4, 0.5) is 0 Å². The number of nitrogens with one attached hydrogen (secondary N) is 1. The molecule has 31 heavy (non-hydrogen) atoms. The number of piperidine rings is 1. The highest BCUT2D eigenvalue weighted by Crippen LogP contribution is 2.38. The van der Waals surface area contributed by atoms with Crippen LogP contribution in [0.15, 0.2) is 29.2 Å². The molecule has 3 aromatic rings. The lowest BCUT2D eigenvalue weighted by Gasteiger charge is -2.24. The Kier molecular flexibility index (Phi) is 5.75. The van der Waals surface area contributed by atoms with Gasteiger partial charge in [-0.15, -0.1) is 0 Å². The van der Waals surface area contributed by atoms with Gasteiger partial charge < -0.3 is 19.7 Å². The Hall–Kier alpha value is -2.87. The van der Waals surface area contributed by atoms with Gasteiger partial charge in [0.05, 0.1) is 7.11 Å². The summed E-state index contributed by atoms with van der Waals surface area (Å²) in [5.74, 6) is 1.42. The number of methoxy groups -OCH3 is 1. The molecule has 1 aliphatic carbocycles. The number of carboxylic acids is 1. The summed E-state index contributed by atoms with van der Waals surface area (Å²) in [6.07, 6.45) is 4.57. The Bertz CT molecular complexity index is 1180. The third kappa shape index (κ3) is 3.92. The minimum Gasteiger partial charge on any atom is -0.494 e. The molecule has 1 aliphatic heterocycles. The van der Waals surface area contributed by atoms with Crippen LogP contribution in [-0.4, -0.2) is 45.0 Å². The molecule has 1 aromatic carbocycles. The number of aromatic nitrogens is 3. The predicted octanol–water partition coefficient (Wildman–Crippen LogP) is 2.87. The third-order valence-corrected chi connectivity index (χ3v) is 6.43. The fourth-order valence-electron chi connectivity index (χ4n) is 5.01. The van der Waals surface area contributed by atoms with E-state index in [1.807, 2.05) is 18.2 Å². The van der Waals surface area contributed by atoms with E-state index in [2.05, 4.69) is 35.0 Å². The molecule has 2 N–H and O–H groups in total. The van der Waals surface area contributed by atoms with Crippen molar-refractivity contribution in [3.8, 4) is 5.75 Å². The van der Waals surface area contributed by atoms with E-state index >= 15 is 0 Å². The van der Waals surface area contributed by atoms with E-state index in [9.17, 15) is 4.79 Å². The van der Waals surface area contributed by atoms with Crippen LogP contribution in [0.25, 0.3) is 16.6 Å². The Labute approximate surface area is 180 Å². The molecule has 3 heterocycles. The maximum Gasteiger partial charge on any atom is 0.300 e. The van der Waals surface area contributed by atoms with Crippen LogP contribution in [0.5, 0.6) is 5.75 Å². The zero-order valence-corrected chi connectivity index (χ0v) is 18.5. The molecule has 3 atom stereocenters.